The van der Waals surface area contributed by atoms with E-state index in [0.717, 1.165) is 24.3 Å². The topological polar surface area (TPSA) is 121 Å². The predicted molar refractivity (Wildman–Crippen MR) is 78.3 cm³/mol. The summed E-state index contributed by atoms with van der Waals surface area (Å²) in [6.07, 6.45) is 0. The molecule has 0 saturated carbocycles. The van der Waals surface area contributed by atoms with Gasteiger partial charge in [-0.15, -0.1) is 7.26 Å². The molecule has 8 nitrogen and oxygen atoms in total. The summed E-state index contributed by atoms with van der Waals surface area (Å²) in [5.74, 6) is 0. The zero-order valence-electron chi connectivity index (χ0n) is 11.3. The highest BCUT2D eigenvalue weighted by atomic mass is 32.3. The Labute approximate surface area is 133 Å². The first-order chi connectivity index (χ1) is 10.6. The molecule has 0 atom stereocenters. The summed E-state index contributed by atoms with van der Waals surface area (Å²) in [5.41, 5.74) is 0. The molecule has 0 fully saturated rings. The Morgan fingerprint density at radius 3 is 1.13 bits per heavy atom. The molecular weight excluding hydrogens is 368 g/mol. The van der Waals surface area contributed by atoms with E-state index in [9.17, 15) is 25.3 Å². The van der Waals surface area contributed by atoms with Crippen molar-refractivity contribution in [2.24, 2.45) is 0 Å². The van der Waals surface area contributed by atoms with E-state index in [1.165, 1.54) is 36.4 Å². The molecule has 0 aliphatic rings. The van der Waals surface area contributed by atoms with E-state index in [2.05, 4.69) is 7.26 Å². The number of rotatable bonds is 6. The highest BCUT2D eigenvalue weighted by Gasteiger charge is 2.32. The Morgan fingerprint density at radius 1 is 0.522 bits per heavy atom. The van der Waals surface area contributed by atoms with Crippen LogP contribution in [-0.4, -0.2) is 25.3 Å². The van der Waals surface area contributed by atoms with E-state index < -0.39 is 40.4 Å². The zero-order chi connectivity index (χ0) is 17.1. The number of hydrogen-bond donors (Lipinski definition) is 0. The maximum Gasteiger partial charge on any atom is 0.429 e. The molecule has 0 bridgehead atoms. The smallest absolute Gasteiger partial charge is 0.193 e. The van der Waals surface area contributed by atoms with Crippen LogP contribution in [-0.2, 0) is 37.9 Å². The van der Waals surface area contributed by atoms with Crippen LogP contribution in [0.4, 0.5) is 0 Å². The van der Waals surface area contributed by atoms with Gasteiger partial charge in [0.05, 0.1) is 9.79 Å². The van der Waals surface area contributed by atoms with Crippen LogP contribution in [0.25, 0.3) is 0 Å². The fourth-order valence-corrected chi connectivity index (χ4v) is 5.14. The largest absolute Gasteiger partial charge is 0.429 e. The van der Waals surface area contributed by atoms with Gasteiger partial charge >= 0.3 is 30.6 Å². The van der Waals surface area contributed by atoms with Gasteiger partial charge in [0.1, 0.15) is 0 Å². The molecule has 0 amide bonds. The first-order valence-corrected chi connectivity index (χ1v) is 10.0. The third-order valence-corrected chi connectivity index (χ3v) is 6.88. The fourth-order valence-electron chi connectivity index (χ4n) is 1.48. The van der Waals surface area contributed by atoms with Gasteiger partial charge in [0.15, 0.2) is 0 Å². The van der Waals surface area contributed by atoms with E-state index >= 15 is 0 Å². The fraction of sp³-hybridized carbons (Fsp3) is 0. The molecule has 0 aliphatic heterocycles. The second-order valence-electron chi connectivity index (χ2n) is 4.08. The Morgan fingerprint density at radius 2 is 0.826 bits per heavy atom. The van der Waals surface area contributed by atoms with Crippen molar-refractivity contribution >= 4 is 30.6 Å². The van der Waals surface area contributed by atoms with Crippen molar-refractivity contribution in [3.8, 4) is 0 Å². The van der Waals surface area contributed by atoms with Crippen LogP contribution in [0.3, 0.4) is 0 Å². The van der Waals surface area contributed by atoms with Gasteiger partial charge < -0.3 is 0 Å². The zero-order valence-corrected chi connectivity index (χ0v) is 13.7. The third kappa shape index (κ3) is 4.59. The highest BCUT2D eigenvalue weighted by Crippen LogP contribution is 2.19. The minimum atomic E-state index is -5.37. The summed E-state index contributed by atoms with van der Waals surface area (Å²) in [6.45, 7) is 0. The van der Waals surface area contributed by atoms with E-state index in [-0.39, 0.29) is 0 Å². The molecule has 0 saturated heterocycles. The molecule has 11 heteroatoms. The van der Waals surface area contributed by atoms with Crippen LogP contribution in [0.2, 0.25) is 0 Å². The van der Waals surface area contributed by atoms with Crippen LogP contribution in [0.1, 0.15) is 0 Å². The minimum absolute atomic E-state index is 0.468. The number of hydrogen-bond acceptors (Lipinski definition) is 8. The molecule has 0 spiro atoms. The summed E-state index contributed by atoms with van der Waals surface area (Å²) in [4.78, 5) is -0.937. The normalized spacial score (nSPS) is 12.9. The lowest BCUT2D eigenvalue weighted by Gasteiger charge is -2.07. The van der Waals surface area contributed by atoms with Crippen molar-refractivity contribution < 1.29 is 32.5 Å². The van der Waals surface area contributed by atoms with Gasteiger partial charge in [-0.1, -0.05) is 36.4 Å². The predicted octanol–water partition coefficient (Wildman–Crippen LogP) is 1.04. The quantitative estimate of drug-likeness (QED) is 0.731. The Bertz CT molecular complexity index is 901. The van der Waals surface area contributed by atoms with Gasteiger partial charge in [-0.05, 0) is 24.3 Å². The van der Waals surface area contributed by atoms with Crippen LogP contribution in [0.15, 0.2) is 70.5 Å². The first kappa shape index (κ1) is 17.6. The van der Waals surface area contributed by atoms with Crippen LogP contribution >= 0.6 is 0 Å². The monoisotopic (exact) mass is 378 g/mol. The molecule has 124 valence electrons. The standard InChI is InChI=1S/C12H10O8S3/c13-21(14,11-7-3-1-4-8-11)19-23(17,18)20-22(15,16)12-9-5-2-6-10-12/h1-10H. The maximum absolute atomic E-state index is 11.8. The van der Waals surface area contributed by atoms with E-state index in [1.54, 1.807) is 0 Å². The summed E-state index contributed by atoms with van der Waals surface area (Å²) in [5, 5.41) is 0. The highest BCUT2D eigenvalue weighted by molar-refractivity contribution is 8.03. The summed E-state index contributed by atoms with van der Waals surface area (Å²) < 4.78 is 78.2. The van der Waals surface area contributed by atoms with Gasteiger partial charge in [0.25, 0.3) is 0 Å². The van der Waals surface area contributed by atoms with Crippen molar-refractivity contribution in [1.82, 2.24) is 0 Å². The van der Waals surface area contributed by atoms with Crippen molar-refractivity contribution in [2.75, 3.05) is 0 Å². The van der Waals surface area contributed by atoms with Crippen molar-refractivity contribution in [1.29, 1.82) is 0 Å². The second kappa shape index (κ2) is 6.37. The third-order valence-electron chi connectivity index (χ3n) is 2.41. The Hall–Kier alpha value is -1.79. The van der Waals surface area contributed by atoms with E-state index in [1.807, 2.05) is 0 Å². The summed E-state index contributed by atoms with van der Waals surface area (Å²) >= 11 is 0. The lowest BCUT2D eigenvalue weighted by Crippen LogP contribution is -2.20. The number of benzene rings is 2. The minimum Gasteiger partial charge on any atom is -0.193 e. The van der Waals surface area contributed by atoms with Crippen molar-refractivity contribution in [2.45, 2.75) is 9.79 Å². The average Bonchev–Trinajstić information content (AvgIpc) is 2.47. The SMILES string of the molecule is O=S(=O)(OS(=O)(=O)c1ccccc1)OS(=O)(=O)c1ccccc1. The molecule has 23 heavy (non-hydrogen) atoms. The maximum atomic E-state index is 11.8. The summed E-state index contributed by atoms with van der Waals surface area (Å²) in [7, 11) is -14.9. The van der Waals surface area contributed by atoms with Gasteiger partial charge in [-0.3, -0.25) is 0 Å². The molecular formula is C12H10O8S3. The van der Waals surface area contributed by atoms with Crippen LogP contribution in [0, 0.1) is 0 Å². The lowest BCUT2D eigenvalue weighted by molar-refractivity contribution is 0.386. The molecule has 0 aromatic heterocycles. The van der Waals surface area contributed by atoms with Crippen molar-refractivity contribution in [3.63, 3.8) is 0 Å². The second-order valence-corrected chi connectivity index (χ2v) is 8.74. The first-order valence-electron chi connectivity index (χ1n) is 5.90. The van der Waals surface area contributed by atoms with Crippen LogP contribution in [0.5, 0.6) is 0 Å². The molecule has 0 radical (unpaired) electrons. The lowest BCUT2D eigenvalue weighted by atomic mass is 10.4. The molecule has 2 rings (SSSR count). The van der Waals surface area contributed by atoms with Crippen molar-refractivity contribution in [3.05, 3.63) is 60.7 Å². The molecule has 2 aromatic carbocycles. The molecule has 0 heterocycles. The summed E-state index contributed by atoms with van der Waals surface area (Å²) in [6, 6.07) is 12.7. The average molecular weight is 378 g/mol. The molecule has 0 N–H and O–H groups in total. The van der Waals surface area contributed by atoms with Gasteiger partial charge in [-0.25, -0.2) is 0 Å². The molecule has 2 aromatic rings. The van der Waals surface area contributed by atoms with E-state index in [0.29, 0.717) is 0 Å². The van der Waals surface area contributed by atoms with Crippen LogP contribution < -0.4 is 0 Å². The van der Waals surface area contributed by atoms with Gasteiger partial charge in [0.2, 0.25) is 0 Å². The molecule has 0 aliphatic carbocycles. The Balaban J connectivity index is 2.27. The molecule has 0 unspecified atom stereocenters. The van der Waals surface area contributed by atoms with E-state index in [4.69, 9.17) is 0 Å². The van der Waals surface area contributed by atoms with Gasteiger partial charge in [-0.2, -0.15) is 25.3 Å². The van der Waals surface area contributed by atoms with Gasteiger partial charge in [0, 0.05) is 0 Å². The Kier molecular flexibility index (Phi) is 4.87.